The quantitative estimate of drug-likeness (QED) is 0.131. The van der Waals surface area contributed by atoms with Crippen molar-refractivity contribution < 1.29 is 0 Å². The minimum atomic E-state index is 1.08. The van der Waals surface area contributed by atoms with Gasteiger partial charge in [-0.3, -0.25) is 0 Å². The SMILES string of the molecule is c1ccc(-c2ccccc2N(c2ccc(-c3ccc4c(c3)c(-c3ccccc3)c(-c3ccccc3)c3ccccc34)cc2)c2ccc(-c3ccc4c(c3)c3ccccc3n4-c3ccccc3)cc2)cc1. The number of anilines is 3. The lowest BCUT2D eigenvalue weighted by atomic mass is 9.84. The predicted octanol–water partition coefficient (Wildman–Crippen LogP) is 18.9. The van der Waals surface area contributed by atoms with Crippen molar-refractivity contribution in [1.29, 1.82) is 0 Å². The predicted molar refractivity (Wildman–Crippen MR) is 298 cm³/mol. The van der Waals surface area contributed by atoms with E-state index in [1.807, 2.05) is 0 Å². The van der Waals surface area contributed by atoms with Crippen molar-refractivity contribution in [2.24, 2.45) is 0 Å². The molecule has 0 aliphatic carbocycles. The Hall–Kier alpha value is -9.24. The fourth-order valence-corrected chi connectivity index (χ4v) is 10.8. The molecule has 1 heterocycles. The van der Waals surface area contributed by atoms with Crippen LogP contribution in [0.4, 0.5) is 17.1 Å². The van der Waals surface area contributed by atoms with E-state index in [0.29, 0.717) is 0 Å². The minimum Gasteiger partial charge on any atom is -0.310 e. The molecule has 12 aromatic carbocycles. The first-order valence-corrected chi connectivity index (χ1v) is 24.1. The highest BCUT2D eigenvalue weighted by Crippen LogP contribution is 2.47. The maximum Gasteiger partial charge on any atom is 0.0541 e. The third-order valence-corrected chi connectivity index (χ3v) is 14.0. The van der Waals surface area contributed by atoms with Gasteiger partial charge < -0.3 is 9.47 Å². The molecule has 0 saturated carbocycles. The number of hydrogen-bond donors (Lipinski definition) is 0. The normalized spacial score (nSPS) is 11.4. The van der Waals surface area contributed by atoms with Crippen LogP contribution in [-0.4, -0.2) is 4.57 Å². The average Bonchev–Trinajstić information content (AvgIpc) is 3.78. The van der Waals surface area contributed by atoms with E-state index in [2.05, 4.69) is 289 Å². The smallest absolute Gasteiger partial charge is 0.0541 e. The number of rotatable bonds is 9. The molecular formula is C68H46N2. The van der Waals surface area contributed by atoms with E-state index < -0.39 is 0 Å². The summed E-state index contributed by atoms with van der Waals surface area (Å²) in [5.74, 6) is 0. The van der Waals surface area contributed by atoms with Crippen LogP contribution in [-0.2, 0) is 0 Å². The van der Waals surface area contributed by atoms with Gasteiger partial charge in [0.15, 0.2) is 0 Å². The molecule has 0 bridgehead atoms. The first kappa shape index (κ1) is 41.0. The molecule has 0 unspecified atom stereocenters. The zero-order chi connectivity index (χ0) is 46.4. The van der Waals surface area contributed by atoms with E-state index in [0.717, 1.165) is 28.3 Å². The lowest BCUT2D eigenvalue weighted by molar-refractivity contribution is 1.18. The highest BCUT2D eigenvalue weighted by molar-refractivity contribution is 6.22. The average molecular weight is 891 g/mol. The topological polar surface area (TPSA) is 8.17 Å². The molecule has 70 heavy (non-hydrogen) atoms. The minimum absolute atomic E-state index is 1.08. The van der Waals surface area contributed by atoms with Gasteiger partial charge in [0, 0.05) is 33.4 Å². The monoisotopic (exact) mass is 890 g/mol. The van der Waals surface area contributed by atoms with Crippen LogP contribution >= 0.6 is 0 Å². The number of hydrogen-bond acceptors (Lipinski definition) is 1. The third-order valence-electron chi connectivity index (χ3n) is 14.0. The zero-order valence-electron chi connectivity index (χ0n) is 38.5. The van der Waals surface area contributed by atoms with E-state index >= 15 is 0 Å². The molecule has 0 aliphatic heterocycles. The Kier molecular flexibility index (Phi) is 10.2. The fraction of sp³-hybridized carbons (Fsp3) is 0. The molecule has 2 heteroatoms. The summed E-state index contributed by atoms with van der Waals surface area (Å²) in [6, 6.07) is 102. The van der Waals surface area contributed by atoms with E-state index in [-0.39, 0.29) is 0 Å². The molecule has 328 valence electrons. The number of nitrogens with zero attached hydrogens (tertiary/aromatic N) is 2. The molecule has 2 nitrogen and oxygen atoms in total. The van der Waals surface area contributed by atoms with Crippen LogP contribution in [0.5, 0.6) is 0 Å². The maximum absolute atomic E-state index is 2.41. The Bertz CT molecular complexity index is 4010. The molecule has 1 aromatic heterocycles. The summed E-state index contributed by atoms with van der Waals surface area (Å²) in [5, 5.41) is 7.50. The number of benzene rings is 12. The van der Waals surface area contributed by atoms with Gasteiger partial charge in [0.2, 0.25) is 0 Å². The van der Waals surface area contributed by atoms with Gasteiger partial charge >= 0.3 is 0 Å². The van der Waals surface area contributed by atoms with Crippen LogP contribution < -0.4 is 4.90 Å². The highest BCUT2D eigenvalue weighted by Gasteiger charge is 2.21. The Labute approximate surface area is 408 Å². The Morgan fingerprint density at radius 3 is 1.30 bits per heavy atom. The molecule has 13 aromatic rings. The molecule has 0 amide bonds. The maximum atomic E-state index is 2.41. The summed E-state index contributed by atoms with van der Waals surface area (Å²) >= 11 is 0. The second-order valence-electron chi connectivity index (χ2n) is 18.0. The fourth-order valence-electron chi connectivity index (χ4n) is 10.8. The summed E-state index contributed by atoms with van der Waals surface area (Å²) in [4.78, 5) is 2.40. The van der Waals surface area contributed by atoms with Gasteiger partial charge in [0.05, 0.1) is 16.7 Å². The van der Waals surface area contributed by atoms with Crippen molar-refractivity contribution in [2.45, 2.75) is 0 Å². The van der Waals surface area contributed by atoms with Gasteiger partial charge in [0.1, 0.15) is 0 Å². The number of fused-ring (bicyclic) bond motifs is 6. The van der Waals surface area contributed by atoms with Crippen LogP contribution in [0.2, 0.25) is 0 Å². The van der Waals surface area contributed by atoms with Crippen molar-refractivity contribution in [2.75, 3.05) is 4.90 Å². The molecule has 0 spiro atoms. The van der Waals surface area contributed by atoms with Crippen molar-refractivity contribution in [1.82, 2.24) is 4.57 Å². The highest BCUT2D eigenvalue weighted by atomic mass is 15.1. The standard InChI is InChI=1S/C68H46N2/c1-5-19-49(20-6-1)57-27-15-17-31-64(57)69(56-41-35-48(36-42-56)53-38-44-66-62(45-53)60-29-16-18-32-65(60)70(66)54-25-11-4-12-26-54)55-39-33-47(34-40-55)52-37-43-59-58-28-13-14-30-61(58)67(50-21-7-2-8-22-50)68(63(59)46-52)51-23-9-3-10-24-51/h1-46H. The Balaban J connectivity index is 0.925. The number of para-hydroxylation sites is 3. The first-order valence-electron chi connectivity index (χ1n) is 24.1. The summed E-state index contributed by atoms with van der Waals surface area (Å²) in [5.41, 5.74) is 18.8. The second kappa shape index (κ2) is 17.4. The summed E-state index contributed by atoms with van der Waals surface area (Å²) in [6.45, 7) is 0. The molecule has 0 fully saturated rings. The van der Waals surface area contributed by atoms with Crippen molar-refractivity contribution >= 4 is 60.4 Å². The van der Waals surface area contributed by atoms with Gasteiger partial charge in [-0.2, -0.15) is 0 Å². The largest absolute Gasteiger partial charge is 0.310 e. The van der Waals surface area contributed by atoms with Crippen LogP contribution in [0.1, 0.15) is 0 Å². The van der Waals surface area contributed by atoms with Crippen LogP contribution in [0.3, 0.4) is 0 Å². The van der Waals surface area contributed by atoms with Crippen molar-refractivity contribution in [3.8, 4) is 61.3 Å². The van der Waals surface area contributed by atoms with Crippen LogP contribution in [0.15, 0.2) is 279 Å². The second-order valence-corrected chi connectivity index (χ2v) is 18.0. The van der Waals surface area contributed by atoms with Crippen molar-refractivity contribution in [3.63, 3.8) is 0 Å². The zero-order valence-corrected chi connectivity index (χ0v) is 38.5. The van der Waals surface area contributed by atoms with E-state index in [4.69, 9.17) is 0 Å². The first-order chi connectivity index (χ1) is 34.7. The summed E-state index contributed by atoms with van der Waals surface area (Å²) in [6.07, 6.45) is 0. The Morgan fingerprint density at radius 1 is 0.243 bits per heavy atom. The van der Waals surface area contributed by atoms with Gasteiger partial charge in [-0.1, -0.05) is 212 Å². The molecule has 0 radical (unpaired) electrons. The van der Waals surface area contributed by atoms with E-state index in [9.17, 15) is 0 Å². The van der Waals surface area contributed by atoms with E-state index in [1.54, 1.807) is 0 Å². The van der Waals surface area contributed by atoms with E-state index in [1.165, 1.54) is 93.4 Å². The van der Waals surface area contributed by atoms with Gasteiger partial charge in [0.25, 0.3) is 0 Å². The Morgan fingerprint density at radius 2 is 0.671 bits per heavy atom. The summed E-state index contributed by atoms with van der Waals surface area (Å²) in [7, 11) is 0. The molecule has 0 N–H and O–H groups in total. The third kappa shape index (κ3) is 7.13. The molecule has 0 saturated heterocycles. The molecule has 0 aliphatic rings. The van der Waals surface area contributed by atoms with Gasteiger partial charge in [-0.15, -0.1) is 0 Å². The van der Waals surface area contributed by atoms with Crippen LogP contribution in [0, 0.1) is 0 Å². The lowest BCUT2D eigenvalue weighted by Crippen LogP contribution is -2.11. The van der Waals surface area contributed by atoms with Gasteiger partial charge in [-0.05, 0) is 138 Å². The van der Waals surface area contributed by atoms with Crippen molar-refractivity contribution in [3.05, 3.63) is 279 Å². The summed E-state index contributed by atoms with van der Waals surface area (Å²) < 4.78 is 2.37. The van der Waals surface area contributed by atoms with Crippen LogP contribution in [0.25, 0.3) is 105 Å². The lowest BCUT2D eigenvalue weighted by Gasteiger charge is -2.28. The van der Waals surface area contributed by atoms with Gasteiger partial charge in [-0.25, -0.2) is 0 Å². The number of aromatic nitrogens is 1. The molecular weight excluding hydrogens is 845 g/mol. The molecule has 0 atom stereocenters. The molecule has 13 rings (SSSR count).